The van der Waals surface area contributed by atoms with Crippen molar-refractivity contribution in [3.05, 3.63) is 46.6 Å². The molecule has 1 fully saturated rings. The van der Waals surface area contributed by atoms with Crippen molar-refractivity contribution in [1.82, 2.24) is 4.98 Å². The number of ether oxygens (including phenoxy) is 2. The largest absolute Gasteiger partial charge is 0.511 e. The molecule has 31 heavy (non-hydrogen) atoms. The van der Waals surface area contributed by atoms with Crippen molar-refractivity contribution in [2.75, 3.05) is 6.61 Å². The number of carbonyl (C=O) groups is 1. The minimum absolute atomic E-state index is 0.0850. The predicted octanol–water partition coefficient (Wildman–Crippen LogP) is -0.872. The molecule has 1 aromatic carbocycles. The van der Waals surface area contributed by atoms with E-state index in [1.165, 1.54) is 24.3 Å². The van der Waals surface area contributed by atoms with Crippen molar-refractivity contribution in [3.8, 4) is 17.2 Å². The van der Waals surface area contributed by atoms with E-state index >= 15 is 0 Å². The lowest BCUT2D eigenvalue weighted by atomic mass is 10.00. The normalized spacial score (nSPS) is 25.6. The Balaban J connectivity index is 0.000000196. The number of rotatable bonds is 2. The summed E-state index contributed by atoms with van der Waals surface area (Å²) in [6, 6.07) is 8.88. The fourth-order valence-corrected chi connectivity index (χ4v) is 2.86. The molecule has 1 aliphatic carbocycles. The fourth-order valence-electron chi connectivity index (χ4n) is 2.86. The second-order valence-corrected chi connectivity index (χ2v) is 6.53. The molecule has 1 aromatic rings. The van der Waals surface area contributed by atoms with Gasteiger partial charge in [-0.25, -0.2) is 9.78 Å². The third kappa shape index (κ3) is 4.96. The Bertz CT molecular complexity index is 1080. The number of aliphatic hydroxyl groups is 5. The van der Waals surface area contributed by atoms with Crippen LogP contribution in [0, 0.1) is 0 Å². The van der Waals surface area contributed by atoms with Crippen LogP contribution in [-0.2, 0) is 4.74 Å². The Kier molecular flexibility index (Phi) is 6.80. The van der Waals surface area contributed by atoms with E-state index in [0.717, 1.165) is 0 Å². The fraction of sp³-hybridized carbons (Fsp3) is 0.316. The highest BCUT2D eigenvalue weighted by molar-refractivity contribution is 5.84. The van der Waals surface area contributed by atoms with Crippen LogP contribution in [0.25, 0.3) is 22.6 Å². The Hall–Kier alpha value is -3.13. The molecule has 1 saturated heterocycles. The average molecular weight is 437 g/mol. The molecule has 2 aliphatic heterocycles. The first kappa shape index (κ1) is 22.6. The van der Waals surface area contributed by atoms with Crippen LogP contribution in [0.2, 0.25) is 0 Å². The number of aromatic nitrogens is 1. The summed E-state index contributed by atoms with van der Waals surface area (Å²) in [7, 11) is 0. The first-order chi connectivity index (χ1) is 14.7. The maximum atomic E-state index is 11.2. The smallest absolute Gasteiger partial charge is 0.453 e. The van der Waals surface area contributed by atoms with Gasteiger partial charge in [-0.2, -0.15) is 0 Å². The maximum Gasteiger partial charge on any atom is 0.511 e. The zero-order valence-corrected chi connectivity index (χ0v) is 15.7. The SMILES string of the molecule is O=C(O)Oc1cccc2oc3cc(=O)ccc-3nc12.OC[C@H]1O[C@@H](O)[C@H](O)[C@@H](O)[C@H]1O. The standard InChI is InChI=1S/C13H7NO5.C6H12O6/c15-7-4-5-8-11(6-7)18-9-2-1-3-10(12(9)14-8)19-13(16)17;7-1-2-3(8)4(9)5(10)6(11)12-2/h1-6H,(H,16,17);2-11H,1H2/t;2-,3+,4+,5-,6-/m.1/s1. The Morgan fingerprint density at radius 3 is 2.48 bits per heavy atom. The monoisotopic (exact) mass is 437 g/mol. The van der Waals surface area contributed by atoms with Crippen LogP contribution in [0.15, 0.2) is 45.6 Å². The van der Waals surface area contributed by atoms with Gasteiger partial charge < -0.3 is 44.5 Å². The minimum Gasteiger partial charge on any atom is -0.453 e. The Labute approximate surface area is 173 Å². The molecule has 0 amide bonds. The van der Waals surface area contributed by atoms with Crippen LogP contribution in [0.3, 0.4) is 0 Å². The zero-order chi connectivity index (χ0) is 22.7. The van der Waals surface area contributed by atoms with Gasteiger partial charge in [-0.3, -0.25) is 4.79 Å². The molecular weight excluding hydrogens is 418 g/mol. The van der Waals surface area contributed by atoms with Gasteiger partial charge in [0.25, 0.3) is 0 Å². The Morgan fingerprint density at radius 2 is 1.81 bits per heavy atom. The van der Waals surface area contributed by atoms with Gasteiger partial charge in [0.05, 0.1) is 6.61 Å². The van der Waals surface area contributed by atoms with E-state index in [-0.39, 0.29) is 16.7 Å². The number of aliphatic hydroxyl groups excluding tert-OH is 5. The molecule has 12 heteroatoms. The summed E-state index contributed by atoms with van der Waals surface area (Å²) < 4.78 is 14.7. The maximum absolute atomic E-state index is 11.2. The van der Waals surface area contributed by atoms with Gasteiger partial charge in [0.15, 0.2) is 28.8 Å². The van der Waals surface area contributed by atoms with Crippen molar-refractivity contribution in [2.45, 2.75) is 30.7 Å². The minimum atomic E-state index is -1.57. The van der Waals surface area contributed by atoms with Gasteiger partial charge in [-0.1, -0.05) is 6.07 Å². The summed E-state index contributed by atoms with van der Waals surface area (Å²) in [5.41, 5.74) is 0.900. The number of hydrogen-bond acceptors (Lipinski definition) is 11. The molecule has 6 N–H and O–H groups in total. The molecule has 0 unspecified atom stereocenters. The number of nitrogens with zero attached hydrogens (tertiary/aromatic N) is 1. The highest BCUT2D eigenvalue weighted by atomic mass is 16.7. The molecule has 0 aromatic heterocycles. The highest BCUT2D eigenvalue weighted by Gasteiger charge is 2.42. The van der Waals surface area contributed by atoms with Crippen molar-refractivity contribution in [1.29, 1.82) is 0 Å². The lowest BCUT2D eigenvalue weighted by Crippen LogP contribution is -2.58. The molecule has 5 atom stereocenters. The van der Waals surface area contributed by atoms with Crippen molar-refractivity contribution < 1.29 is 49.3 Å². The molecule has 0 bridgehead atoms. The van der Waals surface area contributed by atoms with Gasteiger partial charge in [0.2, 0.25) is 0 Å². The van der Waals surface area contributed by atoms with E-state index in [9.17, 15) is 9.59 Å². The van der Waals surface area contributed by atoms with Crippen LogP contribution >= 0.6 is 0 Å². The van der Waals surface area contributed by atoms with E-state index in [2.05, 4.69) is 14.5 Å². The second kappa shape index (κ2) is 9.34. The van der Waals surface area contributed by atoms with E-state index in [4.69, 9.17) is 35.1 Å². The summed E-state index contributed by atoms with van der Waals surface area (Å²) in [5.74, 6) is 0.425. The second-order valence-electron chi connectivity index (χ2n) is 6.53. The molecule has 166 valence electrons. The molecule has 0 radical (unpaired) electrons. The average Bonchev–Trinajstić information content (AvgIpc) is 2.74. The van der Waals surface area contributed by atoms with Crippen LogP contribution in [-0.4, -0.2) is 79.1 Å². The summed E-state index contributed by atoms with van der Waals surface area (Å²) in [5, 5.41) is 53.3. The van der Waals surface area contributed by atoms with E-state index in [1.54, 1.807) is 12.1 Å². The number of fused-ring (bicyclic) bond motifs is 2. The number of para-hydroxylation sites is 1. The first-order valence-electron chi connectivity index (χ1n) is 8.94. The molecule has 0 saturated carbocycles. The van der Waals surface area contributed by atoms with Crippen molar-refractivity contribution >= 4 is 17.3 Å². The summed E-state index contributed by atoms with van der Waals surface area (Å²) in [6.45, 7) is -0.526. The van der Waals surface area contributed by atoms with Crippen LogP contribution in [0.5, 0.6) is 5.75 Å². The van der Waals surface area contributed by atoms with Crippen LogP contribution in [0.1, 0.15) is 0 Å². The lowest BCUT2D eigenvalue weighted by Gasteiger charge is -2.37. The van der Waals surface area contributed by atoms with Gasteiger partial charge in [0.1, 0.15) is 35.6 Å². The predicted molar refractivity (Wildman–Crippen MR) is 102 cm³/mol. The topological polar surface area (TPSA) is 200 Å². The van der Waals surface area contributed by atoms with Crippen LogP contribution < -0.4 is 10.2 Å². The van der Waals surface area contributed by atoms with E-state index < -0.39 is 43.5 Å². The molecule has 12 nitrogen and oxygen atoms in total. The Morgan fingerprint density at radius 1 is 1.06 bits per heavy atom. The van der Waals surface area contributed by atoms with Gasteiger partial charge in [-0.15, -0.1) is 0 Å². The van der Waals surface area contributed by atoms with Gasteiger partial charge in [-0.05, 0) is 24.3 Å². The van der Waals surface area contributed by atoms with Gasteiger partial charge in [0, 0.05) is 6.07 Å². The third-order valence-electron chi connectivity index (χ3n) is 4.41. The quantitative estimate of drug-likeness (QED) is 0.165. The summed E-state index contributed by atoms with van der Waals surface area (Å²) in [4.78, 5) is 26.1. The van der Waals surface area contributed by atoms with Crippen molar-refractivity contribution in [3.63, 3.8) is 0 Å². The summed E-state index contributed by atoms with van der Waals surface area (Å²) in [6.07, 6.45) is -8.47. The van der Waals surface area contributed by atoms with E-state index in [1.807, 2.05) is 0 Å². The number of hydrogen-bond donors (Lipinski definition) is 6. The molecule has 3 aliphatic rings. The zero-order valence-electron chi connectivity index (χ0n) is 15.7. The van der Waals surface area contributed by atoms with Crippen LogP contribution in [0.4, 0.5) is 4.79 Å². The molecule has 2 heterocycles. The lowest BCUT2D eigenvalue weighted by molar-refractivity contribution is -0.286. The molecule has 4 rings (SSSR count). The summed E-state index contributed by atoms with van der Waals surface area (Å²) >= 11 is 0. The van der Waals surface area contributed by atoms with Crippen molar-refractivity contribution in [2.24, 2.45) is 0 Å². The van der Waals surface area contributed by atoms with E-state index in [0.29, 0.717) is 17.0 Å². The molecule has 0 spiro atoms. The van der Waals surface area contributed by atoms with Gasteiger partial charge >= 0.3 is 6.16 Å². The number of carboxylic acid groups (broad SMARTS) is 1. The number of benzene rings is 2. The highest BCUT2D eigenvalue weighted by Crippen LogP contribution is 2.29. The third-order valence-corrected chi connectivity index (χ3v) is 4.41. The molecular formula is C19H19NO11. The first-order valence-corrected chi connectivity index (χ1v) is 8.94.